The van der Waals surface area contributed by atoms with E-state index in [4.69, 9.17) is 4.74 Å². The van der Waals surface area contributed by atoms with Crippen LogP contribution in [0.3, 0.4) is 0 Å². The first-order valence-corrected chi connectivity index (χ1v) is 8.76. The molecule has 1 fully saturated rings. The van der Waals surface area contributed by atoms with Crippen molar-refractivity contribution in [3.05, 3.63) is 46.7 Å². The van der Waals surface area contributed by atoms with E-state index < -0.39 is 0 Å². The van der Waals surface area contributed by atoms with Crippen LogP contribution in [0.25, 0.3) is 5.70 Å². The number of nitroso groups, excluding NO2 is 1. The summed E-state index contributed by atoms with van der Waals surface area (Å²) in [4.78, 5) is 17.0. The highest BCUT2D eigenvalue weighted by molar-refractivity contribution is 5.75. The Balaban J connectivity index is 2.25. The van der Waals surface area contributed by atoms with E-state index in [1.165, 1.54) is 0 Å². The summed E-state index contributed by atoms with van der Waals surface area (Å²) in [6.45, 7) is 4.41. The summed E-state index contributed by atoms with van der Waals surface area (Å²) in [5.41, 5.74) is 3.11. The fraction of sp³-hybridized carbons (Fsp3) is 0.526. The highest BCUT2D eigenvalue weighted by Crippen LogP contribution is 2.32. The fourth-order valence-electron chi connectivity index (χ4n) is 2.89. The van der Waals surface area contributed by atoms with E-state index in [-0.39, 0.29) is 18.9 Å². The van der Waals surface area contributed by atoms with Crippen LogP contribution in [0.4, 0.5) is 0 Å². The van der Waals surface area contributed by atoms with Crippen LogP contribution in [0.5, 0.6) is 0 Å². The van der Waals surface area contributed by atoms with Crippen molar-refractivity contribution in [2.45, 2.75) is 45.4 Å². The summed E-state index contributed by atoms with van der Waals surface area (Å²) in [6.07, 6.45) is 12.7. The third-order valence-electron chi connectivity index (χ3n) is 4.18. The van der Waals surface area contributed by atoms with Crippen LogP contribution in [0.15, 0.2) is 40.7 Å². The lowest BCUT2D eigenvalue weighted by atomic mass is 10.1. The molecule has 0 saturated carbocycles. The second-order valence-electron chi connectivity index (χ2n) is 6.42. The van der Waals surface area contributed by atoms with Gasteiger partial charge in [0.15, 0.2) is 0 Å². The number of ether oxygens (including phenoxy) is 1. The van der Waals surface area contributed by atoms with Gasteiger partial charge in [-0.25, -0.2) is 4.99 Å². The number of aromatic nitrogens is 1. The molecule has 1 saturated heterocycles. The Kier molecular flexibility index (Phi) is 7.13. The molecular formula is C19H28N4O2. The SMILES string of the molecule is CC/C=C\C=C(\N=CN(C)C)c1ccn(C2CCC(CN=O)O2)c1C. The third-order valence-corrected chi connectivity index (χ3v) is 4.18. The Labute approximate surface area is 149 Å². The zero-order valence-electron chi connectivity index (χ0n) is 15.6. The molecule has 6 heteroatoms. The molecule has 2 atom stereocenters. The summed E-state index contributed by atoms with van der Waals surface area (Å²) in [5.74, 6) is 0. The maximum atomic E-state index is 10.4. The number of rotatable bonds is 8. The van der Waals surface area contributed by atoms with Gasteiger partial charge < -0.3 is 14.2 Å². The largest absolute Gasteiger partial charge is 0.369 e. The van der Waals surface area contributed by atoms with Crippen molar-refractivity contribution in [2.24, 2.45) is 10.2 Å². The minimum Gasteiger partial charge on any atom is -0.369 e. The van der Waals surface area contributed by atoms with E-state index in [0.717, 1.165) is 36.2 Å². The second-order valence-corrected chi connectivity index (χ2v) is 6.42. The monoisotopic (exact) mass is 344 g/mol. The molecule has 1 aromatic rings. The fourth-order valence-corrected chi connectivity index (χ4v) is 2.89. The van der Waals surface area contributed by atoms with Crippen molar-refractivity contribution in [1.82, 2.24) is 9.47 Å². The molecule has 0 N–H and O–H groups in total. The Morgan fingerprint density at radius 2 is 2.24 bits per heavy atom. The maximum absolute atomic E-state index is 10.4. The zero-order chi connectivity index (χ0) is 18.2. The van der Waals surface area contributed by atoms with E-state index >= 15 is 0 Å². The third kappa shape index (κ3) is 5.13. The van der Waals surface area contributed by atoms with E-state index in [1.54, 1.807) is 6.34 Å². The molecule has 1 aliphatic rings. The van der Waals surface area contributed by atoms with Gasteiger partial charge in [-0.2, -0.15) is 4.91 Å². The molecule has 0 spiro atoms. The predicted octanol–water partition coefficient (Wildman–Crippen LogP) is 4.14. The standard InChI is InChI=1S/C19H28N4O2/c1-5-6-7-8-18(20-14-22(3)4)17-11-12-23(15(17)2)19-10-9-16(25-19)13-21-24/h6-8,11-12,14,16,19H,5,9-10,13H2,1-4H3/b7-6-,18-8+,20-14?. The van der Waals surface area contributed by atoms with Crippen LogP contribution in [0, 0.1) is 11.8 Å². The number of hydrogen-bond donors (Lipinski definition) is 0. The average molecular weight is 344 g/mol. The number of nitrogens with zero attached hydrogens (tertiary/aromatic N) is 4. The van der Waals surface area contributed by atoms with Crippen molar-refractivity contribution in [3.8, 4) is 0 Å². The first kappa shape index (κ1) is 19.1. The van der Waals surface area contributed by atoms with Crippen molar-refractivity contribution < 1.29 is 4.74 Å². The molecular weight excluding hydrogens is 316 g/mol. The summed E-state index contributed by atoms with van der Waals surface area (Å²) in [5, 5.41) is 2.96. The van der Waals surface area contributed by atoms with Gasteiger partial charge in [-0.3, -0.25) is 0 Å². The summed E-state index contributed by atoms with van der Waals surface area (Å²) < 4.78 is 8.08. The Bertz CT molecular complexity index is 658. The van der Waals surface area contributed by atoms with Gasteiger partial charge in [0.1, 0.15) is 12.8 Å². The van der Waals surface area contributed by atoms with Crippen LogP contribution < -0.4 is 0 Å². The van der Waals surface area contributed by atoms with Crippen molar-refractivity contribution >= 4 is 12.0 Å². The highest BCUT2D eigenvalue weighted by Gasteiger charge is 2.27. The van der Waals surface area contributed by atoms with E-state index in [1.807, 2.05) is 37.3 Å². The predicted molar refractivity (Wildman–Crippen MR) is 103 cm³/mol. The van der Waals surface area contributed by atoms with Crippen LogP contribution >= 0.6 is 0 Å². The minimum absolute atomic E-state index is 0.0363. The first-order chi connectivity index (χ1) is 12.1. The second kappa shape index (κ2) is 9.32. The molecule has 0 aromatic carbocycles. The smallest absolute Gasteiger partial charge is 0.134 e. The Morgan fingerprint density at radius 3 is 2.92 bits per heavy atom. The summed E-state index contributed by atoms with van der Waals surface area (Å²) >= 11 is 0. The van der Waals surface area contributed by atoms with Gasteiger partial charge in [-0.1, -0.05) is 24.3 Å². The molecule has 0 bridgehead atoms. The van der Waals surface area contributed by atoms with Crippen molar-refractivity contribution in [2.75, 3.05) is 20.6 Å². The van der Waals surface area contributed by atoms with Crippen LogP contribution in [-0.2, 0) is 4.74 Å². The lowest BCUT2D eigenvalue weighted by Gasteiger charge is -2.16. The molecule has 0 aliphatic carbocycles. The molecule has 2 heterocycles. The zero-order valence-corrected chi connectivity index (χ0v) is 15.6. The van der Waals surface area contributed by atoms with Gasteiger partial charge in [-0.15, -0.1) is 0 Å². The van der Waals surface area contributed by atoms with Gasteiger partial charge in [-0.05, 0) is 38.3 Å². The Hall–Kier alpha value is -2.21. The number of hydrogen-bond acceptors (Lipinski definition) is 4. The van der Waals surface area contributed by atoms with Gasteiger partial charge in [0, 0.05) is 31.5 Å². The lowest BCUT2D eigenvalue weighted by Crippen LogP contribution is -2.14. The van der Waals surface area contributed by atoms with Crippen molar-refractivity contribution in [1.29, 1.82) is 0 Å². The molecule has 1 aromatic heterocycles. The van der Waals surface area contributed by atoms with Gasteiger partial charge >= 0.3 is 0 Å². The molecule has 2 rings (SSSR count). The number of allylic oxidation sites excluding steroid dienone is 3. The van der Waals surface area contributed by atoms with E-state index in [2.05, 4.69) is 40.7 Å². The molecule has 25 heavy (non-hydrogen) atoms. The maximum Gasteiger partial charge on any atom is 0.134 e. The molecule has 1 aliphatic heterocycles. The quantitative estimate of drug-likeness (QED) is 0.308. The number of aliphatic imine (C=N–C) groups is 1. The summed E-state index contributed by atoms with van der Waals surface area (Å²) in [6, 6.07) is 2.07. The molecule has 6 nitrogen and oxygen atoms in total. The van der Waals surface area contributed by atoms with Gasteiger partial charge in [0.2, 0.25) is 0 Å². The van der Waals surface area contributed by atoms with Crippen LogP contribution in [0.1, 0.15) is 43.7 Å². The minimum atomic E-state index is -0.0676. The van der Waals surface area contributed by atoms with Crippen molar-refractivity contribution in [3.63, 3.8) is 0 Å². The molecule has 0 amide bonds. The summed E-state index contributed by atoms with van der Waals surface area (Å²) in [7, 11) is 3.91. The lowest BCUT2D eigenvalue weighted by molar-refractivity contribution is 0.00582. The molecule has 0 radical (unpaired) electrons. The normalized spacial score (nSPS) is 21.5. The highest BCUT2D eigenvalue weighted by atomic mass is 16.5. The van der Waals surface area contributed by atoms with Gasteiger partial charge in [0.25, 0.3) is 0 Å². The van der Waals surface area contributed by atoms with Crippen LogP contribution in [0.2, 0.25) is 0 Å². The van der Waals surface area contributed by atoms with Crippen LogP contribution in [-0.4, -0.2) is 42.5 Å². The van der Waals surface area contributed by atoms with E-state index in [0.29, 0.717) is 0 Å². The topological polar surface area (TPSA) is 59.2 Å². The first-order valence-electron chi connectivity index (χ1n) is 8.76. The van der Waals surface area contributed by atoms with E-state index in [9.17, 15) is 4.91 Å². The average Bonchev–Trinajstić information content (AvgIpc) is 3.18. The molecule has 136 valence electrons. The van der Waals surface area contributed by atoms with Gasteiger partial charge in [0.05, 0.1) is 18.1 Å². The Morgan fingerprint density at radius 1 is 1.44 bits per heavy atom. The molecule has 2 unspecified atom stereocenters.